The van der Waals surface area contributed by atoms with E-state index in [0.717, 1.165) is 27.8 Å². The highest BCUT2D eigenvalue weighted by molar-refractivity contribution is 5.50. The van der Waals surface area contributed by atoms with Crippen LogP contribution in [0.4, 0.5) is 0 Å². The molecule has 8 nitrogen and oxygen atoms in total. The van der Waals surface area contributed by atoms with E-state index in [1.807, 2.05) is 153 Å². The number of hydrogen-bond donors (Lipinski definition) is 1. The van der Waals surface area contributed by atoms with Gasteiger partial charge in [-0.3, -0.25) is 0 Å². The Bertz CT molecular complexity index is 2080. The zero-order chi connectivity index (χ0) is 38.4. The van der Waals surface area contributed by atoms with Gasteiger partial charge in [-0.2, -0.15) is 0 Å². The molecule has 0 saturated carbocycles. The van der Waals surface area contributed by atoms with Gasteiger partial charge in [-0.15, -0.1) is 0 Å². The Morgan fingerprint density at radius 2 is 1.05 bits per heavy atom. The van der Waals surface area contributed by atoms with Crippen molar-refractivity contribution in [3.63, 3.8) is 0 Å². The molecule has 8 heteroatoms. The molecule has 288 valence electrons. The lowest BCUT2D eigenvalue weighted by molar-refractivity contribution is -0.240. The molecule has 0 aliphatic carbocycles. The number of phenols is 1. The summed E-state index contributed by atoms with van der Waals surface area (Å²) in [6.07, 6.45) is 1.10. The summed E-state index contributed by atoms with van der Waals surface area (Å²) >= 11 is 0. The fourth-order valence-electron chi connectivity index (χ4n) is 6.61. The normalized spacial score (nSPS) is 16.3. The van der Waals surface area contributed by atoms with E-state index in [2.05, 4.69) is 0 Å². The maximum Gasteiger partial charge on any atom is 0.272 e. The third-order valence-corrected chi connectivity index (χ3v) is 9.51. The van der Waals surface area contributed by atoms with Crippen molar-refractivity contribution in [3.05, 3.63) is 185 Å². The van der Waals surface area contributed by atoms with E-state index in [0.29, 0.717) is 80.9 Å². The average Bonchev–Trinajstić information content (AvgIpc) is 3.65. The van der Waals surface area contributed by atoms with Crippen LogP contribution < -0.4 is 18.9 Å². The van der Waals surface area contributed by atoms with Gasteiger partial charge in [0.15, 0.2) is 11.5 Å². The summed E-state index contributed by atoms with van der Waals surface area (Å²) < 4.78 is 43.6. The third-order valence-electron chi connectivity index (χ3n) is 9.51. The molecule has 1 N–H and O–H groups in total. The second-order valence-electron chi connectivity index (χ2n) is 13.6. The van der Waals surface area contributed by atoms with Gasteiger partial charge in [0.25, 0.3) is 6.48 Å². The van der Waals surface area contributed by atoms with Crippen LogP contribution in [0.5, 0.6) is 28.7 Å². The van der Waals surface area contributed by atoms with Crippen LogP contribution in [-0.4, -0.2) is 24.3 Å². The SMILES string of the molecule is CCOC1OC(CCCc2c(O)cc(OCc3ccccc3)cc2OCc2ccccc2)C(c2ccc(OCc3ccccc3)c(OCc3ccccc3)c2)O1. The van der Waals surface area contributed by atoms with Crippen LogP contribution >= 0.6 is 0 Å². The molecule has 0 amide bonds. The monoisotopic (exact) mass is 752 g/mol. The molecule has 0 spiro atoms. The Balaban J connectivity index is 1.08. The lowest BCUT2D eigenvalue weighted by atomic mass is 9.97. The lowest BCUT2D eigenvalue weighted by Gasteiger charge is -2.20. The summed E-state index contributed by atoms with van der Waals surface area (Å²) in [6, 6.07) is 49.4. The molecule has 1 aliphatic rings. The highest BCUT2D eigenvalue weighted by Gasteiger charge is 2.38. The molecule has 0 aromatic heterocycles. The second-order valence-corrected chi connectivity index (χ2v) is 13.6. The van der Waals surface area contributed by atoms with Crippen LogP contribution in [0.15, 0.2) is 152 Å². The number of benzene rings is 6. The van der Waals surface area contributed by atoms with Crippen LogP contribution in [0.3, 0.4) is 0 Å². The first-order valence-corrected chi connectivity index (χ1v) is 19.2. The highest BCUT2D eigenvalue weighted by atomic mass is 16.9. The summed E-state index contributed by atoms with van der Waals surface area (Å²) in [6.45, 7) is 3.06. The summed E-state index contributed by atoms with van der Waals surface area (Å²) in [4.78, 5) is 0. The van der Waals surface area contributed by atoms with Gasteiger partial charge >= 0.3 is 0 Å². The molecule has 3 unspecified atom stereocenters. The zero-order valence-electron chi connectivity index (χ0n) is 31.6. The third kappa shape index (κ3) is 10.7. The van der Waals surface area contributed by atoms with E-state index in [4.69, 9.17) is 33.2 Å². The molecule has 3 atom stereocenters. The number of rotatable bonds is 19. The van der Waals surface area contributed by atoms with Crippen LogP contribution in [0.25, 0.3) is 0 Å². The fraction of sp³-hybridized carbons (Fsp3) is 0.250. The van der Waals surface area contributed by atoms with Gasteiger partial charge in [0, 0.05) is 24.3 Å². The summed E-state index contributed by atoms with van der Waals surface area (Å²) in [5, 5.41) is 11.3. The molecule has 56 heavy (non-hydrogen) atoms. The Morgan fingerprint density at radius 3 is 1.61 bits per heavy atom. The molecular weight excluding hydrogens is 705 g/mol. The number of hydrogen-bond acceptors (Lipinski definition) is 8. The van der Waals surface area contributed by atoms with Crippen molar-refractivity contribution in [1.82, 2.24) is 0 Å². The topological polar surface area (TPSA) is 84.8 Å². The number of aromatic hydroxyl groups is 1. The summed E-state index contributed by atoms with van der Waals surface area (Å²) in [7, 11) is 0. The van der Waals surface area contributed by atoms with E-state index in [1.165, 1.54) is 0 Å². The first-order chi connectivity index (χ1) is 27.6. The van der Waals surface area contributed by atoms with Crippen molar-refractivity contribution < 1.29 is 38.3 Å². The van der Waals surface area contributed by atoms with Crippen molar-refractivity contribution in [3.8, 4) is 28.7 Å². The minimum Gasteiger partial charge on any atom is -0.507 e. The van der Waals surface area contributed by atoms with Gasteiger partial charge in [-0.05, 0) is 66.1 Å². The lowest BCUT2D eigenvalue weighted by Crippen LogP contribution is -2.17. The molecule has 0 bridgehead atoms. The first kappa shape index (κ1) is 38.5. The van der Waals surface area contributed by atoms with E-state index >= 15 is 0 Å². The van der Waals surface area contributed by atoms with Gasteiger partial charge in [0.05, 0.1) is 6.10 Å². The second kappa shape index (κ2) is 19.7. The van der Waals surface area contributed by atoms with Gasteiger partial charge in [0.2, 0.25) is 0 Å². The maximum atomic E-state index is 11.3. The predicted molar refractivity (Wildman–Crippen MR) is 215 cm³/mol. The zero-order valence-corrected chi connectivity index (χ0v) is 31.6. The van der Waals surface area contributed by atoms with Crippen LogP contribution in [0.2, 0.25) is 0 Å². The number of phenolic OH excluding ortho intramolecular Hbond substituents is 1. The van der Waals surface area contributed by atoms with Crippen molar-refractivity contribution in [1.29, 1.82) is 0 Å². The van der Waals surface area contributed by atoms with E-state index < -0.39 is 12.6 Å². The van der Waals surface area contributed by atoms with Gasteiger partial charge in [-0.25, -0.2) is 0 Å². The van der Waals surface area contributed by atoms with E-state index in [-0.39, 0.29) is 11.9 Å². The van der Waals surface area contributed by atoms with E-state index in [9.17, 15) is 5.11 Å². The quantitative estimate of drug-likeness (QED) is 0.0876. The standard InChI is InChI=1S/C48H48O8/c1-2-50-48-55-44(47(56-48)39-26-27-43(52-32-36-18-9-4-10-19-36)46(28-39)54-34-38-22-13-6-14-23-38)25-15-24-41-42(49)29-40(51-31-35-16-7-3-8-17-35)30-45(41)53-33-37-20-11-5-12-21-37/h3-14,16-23,26-30,44,47-49H,2,15,24-25,31-34H2,1H3. The van der Waals surface area contributed by atoms with Crippen LogP contribution in [0, 0.1) is 0 Å². The van der Waals surface area contributed by atoms with Crippen molar-refractivity contribution in [2.75, 3.05) is 6.61 Å². The minimum atomic E-state index is -0.808. The minimum absolute atomic E-state index is 0.122. The molecule has 1 fully saturated rings. The Labute approximate surface area is 329 Å². The predicted octanol–water partition coefficient (Wildman–Crippen LogP) is 10.5. The van der Waals surface area contributed by atoms with Crippen molar-refractivity contribution in [2.24, 2.45) is 0 Å². The maximum absolute atomic E-state index is 11.3. The average molecular weight is 753 g/mol. The highest BCUT2D eigenvalue weighted by Crippen LogP contribution is 2.41. The van der Waals surface area contributed by atoms with Crippen LogP contribution in [-0.2, 0) is 47.1 Å². The largest absolute Gasteiger partial charge is 0.507 e. The summed E-state index contributed by atoms with van der Waals surface area (Å²) in [5.41, 5.74) is 5.77. The molecular formula is C48H48O8. The van der Waals surface area contributed by atoms with Crippen LogP contribution in [0.1, 0.15) is 59.3 Å². The fourth-order valence-corrected chi connectivity index (χ4v) is 6.61. The van der Waals surface area contributed by atoms with Gasteiger partial charge < -0.3 is 38.3 Å². The van der Waals surface area contributed by atoms with Gasteiger partial charge in [-0.1, -0.05) is 127 Å². The molecule has 6 aromatic carbocycles. The Kier molecular flexibility index (Phi) is 13.5. The van der Waals surface area contributed by atoms with Gasteiger partial charge in [0.1, 0.15) is 49.8 Å². The molecule has 1 saturated heterocycles. The Morgan fingerprint density at radius 1 is 0.536 bits per heavy atom. The summed E-state index contributed by atoms with van der Waals surface area (Å²) in [5.74, 6) is 2.49. The Hall–Kier alpha value is -5.80. The van der Waals surface area contributed by atoms with Crippen molar-refractivity contribution in [2.45, 2.75) is 71.3 Å². The molecule has 6 aromatic rings. The molecule has 1 aliphatic heterocycles. The van der Waals surface area contributed by atoms with Crippen molar-refractivity contribution >= 4 is 0 Å². The molecule has 7 rings (SSSR count). The molecule has 1 heterocycles. The molecule has 0 radical (unpaired) electrons. The van der Waals surface area contributed by atoms with E-state index in [1.54, 1.807) is 6.07 Å². The smallest absolute Gasteiger partial charge is 0.272 e. The first-order valence-electron chi connectivity index (χ1n) is 19.2. The number of ether oxygens (including phenoxy) is 7.